The van der Waals surface area contributed by atoms with Crippen LogP contribution in [0.4, 0.5) is 5.13 Å². The summed E-state index contributed by atoms with van der Waals surface area (Å²) in [6.07, 6.45) is 0. The molecule has 0 bridgehead atoms. The minimum Gasteiger partial charge on any atom is -0.374 e. The number of nitrogen functional groups attached to an aromatic ring is 1. The molecule has 0 unspecified atom stereocenters. The molecular weight excluding hydrogens is 190 g/mol. The molecule has 0 radical (unpaired) electrons. The van der Waals surface area contributed by atoms with Gasteiger partial charge in [0.05, 0.1) is 0 Å². The molecule has 0 aliphatic rings. The van der Waals surface area contributed by atoms with Gasteiger partial charge in [-0.05, 0) is 6.07 Å². The first kappa shape index (κ1) is 7.87. The average Bonchev–Trinajstić information content (AvgIpc) is 2.53. The first-order valence-corrected chi connectivity index (χ1v) is 4.22. The van der Waals surface area contributed by atoms with Crippen molar-refractivity contribution in [1.82, 2.24) is 20.4 Å². The Morgan fingerprint density at radius 1 is 1.38 bits per heavy atom. The number of hydrogen-bond donors (Lipinski definition) is 2. The number of nitrogens with zero attached hydrogens (tertiary/aromatic N) is 3. The lowest BCUT2D eigenvalue weighted by Crippen LogP contribution is -2.05. The summed E-state index contributed by atoms with van der Waals surface area (Å²) in [5.74, 6) is 0. The van der Waals surface area contributed by atoms with E-state index in [-0.39, 0.29) is 5.56 Å². The highest BCUT2D eigenvalue weighted by atomic mass is 32.1. The molecule has 13 heavy (non-hydrogen) atoms. The van der Waals surface area contributed by atoms with E-state index in [1.807, 2.05) is 0 Å². The van der Waals surface area contributed by atoms with Gasteiger partial charge in [0.1, 0.15) is 5.69 Å². The topological polar surface area (TPSA) is 97.5 Å². The van der Waals surface area contributed by atoms with Crippen molar-refractivity contribution in [3.05, 3.63) is 22.5 Å². The number of anilines is 1. The molecule has 3 N–H and O–H groups in total. The number of nitrogens with one attached hydrogen (secondary N) is 1. The van der Waals surface area contributed by atoms with Crippen molar-refractivity contribution < 1.29 is 0 Å². The van der Waals surface area contributed by atoms with E-state index in [1.54, 1.807) is 6.07 Å². The summed E-state index contributed by atoms with van der Waals surface area (Å²) in [4.78, 5) is 10.7. The number of aromatic nitrogens is 4. The van der Waals surface area contributed by atoms with Gasteiger partial charge in [-0.25, -0.2) is 5.10 Å². The van der Waals surface area contributed by atoms with E-state index in [4.69, 9.17) is 5.73 Å². The van der Waals surface area contributed by atoms with Crippen molar-refractivity contribution in [3.63, 3.8) is 0 Å². The van der Waals surface area contributed by atoms with Crippen molar-refractivity contribution in [2.24, 2.45) is 0 Å². The quantitative estimate of drug-likeness (QED) is 0.660. The van der Waals surface area contributed by atoms with E-state index in [0.29, 0.717) is 15.8 Å². The predicted octanol–water partition coefficient (Wildman–Crippen LogP) is -0.129. The molecule has 2 heterocycles. The highest BCUT2D eigenvalue weighted by molar-refractivity contribution is 7.18. The van der Waals surface area contributed by atoms with E-state index in [1.165, 1.54) is 17.4 Å². The third kappa shape index (κ3) is 1.54. The largest absolute Gasteiger partial charge is 0.374 e. The second kappa shape index (κ2) is 2.94. The van der Waals surface area contributed by atoms with Crippen LogP contribution in [-0.4, -0.2) is 20.4 Å². The molecule has 66 valence electrons. The maximum atomic E-state index is 10.7. The van der Waals surface area contributed by atoms with Crippen LogP contribution in [0.1, 0.15) is 0 Å². The molecule has 0 atom stereocenters. The Morgan fingerprint density at radius 2 is 2.23 bits per heavy atom. The molecule has 2 aromatic heterocycles. The maximum Gasteiger partial charge on any atom is 0.264 e. The zero-order valence-electron chi connectivity index (χ0n) is 6.39. The lowest BCUT2D eigenvalue weighted by Gasteiger charge is -1.89. The van der Waals surface area contributed by atoms with Crippen molar-refractivity contribution >= 4 is 16.5 Å². The fraction of sp³-hybridized carbons (Fsp3) is 0. The molecule has 0 amide bonds. The summed E-state index contributed by atoms with van der Waals surface area (Å²) < 4.78 is 0. The van der Waals surface area contributed by atoms with E-state index >= 15 is 0 Å². The zero-order valence-corrected chi connectivity index (χ0v) is 7.21. The van der Waals surface area contributed by atoms with Crippen LogP contribution in [0.25, 0.3) is 10.7 Å². The summed E-state index contributed by atoms with van der Waals surface area (Å²) in [5, 5.41) is 14.5. The van der Waals surface area contributed by atoms with Crippen LogP contribution in [0.2, 0.25) is 0 Å². The summed E-state index contributed by atoms with van der Waals surface area (Å²) in [7, 11) is 0. The highest BCUT2D eigenvalue weighted by Gasteiger charge is 2.04. The Labute approximate surface area is 76.4 Å². The number of hydrogen-bond acceptors (Lipinski definition) is 6. The molecule has 0 spiro atoms. The van der Waals surface area contributed by atoms with Crippen LogP contribution in [0, 0.1) is 0 Å². The number of H-pyrrole nitrogens is 1. The molecular formula is C6H5N5OS. The van der Waals surface area contributed by atoms with Gasteiger partial charge in [0, 0.05) is 6.07 Å². The van der Waals surface area contributed by atoms with Gasteiger partial charge in [-0.1, -0.05) is 11.3 Å². The van der Waals surface area contributed by atoms with Crippen molar-refractivity contribution in [3.8, 4) is 10.7 Å². The molecule has 0 aromatic carbocycles. The van der Waals surface area contributed by atoms with Gasteiger partial charge in [0.25, 0.3) is 5.56 Å². The van der Waals surface area contributed by atoms with Crippen molar-refractivity contribution in [1.29, 1.82) is 0 Å². The fourth-order valence-corrected chi connectivity index (χ4v) is 1.38. The summed E-state index contributed by atoms with van der Waals surface area (Å²) in [6, 6.07) is 2.94. The molecule has 7 heteroatoms. The van der Waals surface area contributed by atoms with Crippen LogP contribution in [0.3, 0.4) is 0 Å². The van der Waals surface area contributed by atoms with Gasteiger partial charge in [-0.2, -0.15) is 5.10 Å². The van der Waals surface area contributed by atoms with Gasteiger partial charge >= 0.3 is 0 Å². The minimum atomic E-state index is -0.249. The van der Waals surface area contributed by atoms with Gasteiger partial charge in [0.2, 0.25) is 5.13 Å². The first-order valence-electron chi connectivity index (χ1n) is 3.41. The van der Waals surface area contributed by atoms with E-state index in [2.05, 4.69) is 20.4 Å². The summed E-state index contributed by atoms with van der Waals surface area (Å²) in [5.41, 5.74) is 5.71. The average molecular weight is 195 g/mol. The molecule has 0 saturated carbocycles. The number of aromatic amines is 1. The number of rotatable bonds is 1. The van der Waals surface area contributed by atoms with Gasteiger partial charge < -0.3 is 5.73 Å². The van der Waals surface area contributed by atoms with Crippen molar-refractivity contribution in [2.75, 3.05) is 5.73 Å². The summed E-state index contributed by atoms with van der Waals surface area (Å²) in [6.45, 7) is 0. The molecule has 0 aliphatic carbocycles. The molecule has 0 saturated heterocycles. The monoisotopic (exact) mass is 195 g/mol. The van der Waals surface area contributed by atoms with Crippen LogP contribution in [0.15, 0.2) is 16.9 Å². The Bertz CT molecular complexity index is 455. The Hall–Kier alpha value is -1.76. The van der Waals surface area contributed by atoms with Gasteiger partial charge in [-0.3, -0.25) is 4.79 Å². The predicted molar refractivity (Wildman–Crippen MR) is 48.2 cm³/mol. The van der Waals surface area contributed by atoms with Gasteiger partial charge in [-0.15, -0.1) is 10.2 Å². The normalized spacial score (nSPS) is 10.2. The molecule has 2 aromatic rings. The van der Waals surface area contributed by atoms with Crippen molar-refractivity contribution in [2.45, 2.75) is 0 Å². The second-order valence-electron chi connectivity index (χ2n) is 2.25. The Kier molecular flexibility index (Phi) is 1.78. The number of nitrogens with two attached hydrogens (primary N) is 1. The Morgan fingerprint density at radius 3 is 2.77 bits per heavy atom. The summed E-state index contributed by atoms with van der Waals surface area (Å²) >= 11 is 1.22. The lowest BCUT2D eigenvalue weighted by molar-refractivity contribution is 0.984. The van der Waals surface area contributed by atoms with E-state index in [9.17, 15) is 4.79 Å². The Balaban J connectivity index is 2.47. The lowest BCUT2D eigenvalue weighted by atomic mass is 10.4. The van der Waals surface area contributed by atoms with E-state index < -0.39 is 0 Å². The van der Waals surface area contributed by atoms with Gasteiger partial charge in [0.15, 0.2) is 5.01 Å². The van der Waals surface area contributed by atoms with Crippen LogP contribution in [-0.2, 0) is 0 Å². The third-order valence-corrected chi connectivity index (χ3v) is 2.11. The molecule has 6 nitrogen and oxygen atoms in total. The fourth-order valence-electron chi connectivity index (χ4n) is 0.802. The second-order valence-corrected chi connectivity index (χ2v) is 3.26. The molecule has 0 fully saturated rings. The van der Waals surface area contributed by atoms with Crippen LogP contribution in [0.5, 0.6) is 0 Å². The van der Waals surface area contributed by atoms with Crippen LogP contribution < -0.4 is 11.3 Å². The van der Waals surface area contributed by atoms with E-state index in [0.717, 1.165) is 0 Å². The molecule has 0 aliphatic heterocycles. The zero-order chi connectivity index (χ0) is 9.26. The molecule has 2 rings (SSSR count). The highest BCUT2D eigenvalue weighted by Crippen LogP contribution is 2.20. The van der Waals surface area contributed by atoms with Crippen LogP contribution >= 0.6 is 11.3 Å². The SMILES string of the molecule is Nc1nnc(-c2ccc(=O)[nH]n2)s1. The standard InChI is InChI=1S/C6H5N5OS/c7-6-11-10-5(13-6)3-1-2-4(12)9-8-3/h1-2H,(H2,7,11)(H,9,12). The smallest absolute Gasteiger partial charge is 0.264 e. The maximum absolute atomic E-state index is 10.7. The third-order valence-electron chi connectivity index (χ3n) is 1.34. The minimum absolute atomic E-state index is 0.249. The first-order chi connectivity index (χ1) is 6.25.